The van der Waals surface area contributed by atoms with Crippen molar-refractivity contribution in [3.8, 4) is 0 Å². The molecule has 0 bridgehead atoms. The second-order valence-corrected chi connectivity index (χ2v) is 7.67. The molecule has 0 saturated heterocycles. The van der Waals surface area contributed by atoms with Crippen molar-refractivity contribution in [2.45, 2.75) is 65.8 Å². The molecule has 1 N–H and O–H groups in total. The molecule has 2 heteroatoms. The van der Waals surface area contributed by atoms with Crippen LogP contribution in [0.15, 0.2) is 42.5 Å². The van der Waals surface area contributed by atoms with E-state index in [2.05, 4.69) is 87.4 Å². The van der Waals surface area contributed by atoms with Crippen LogP contribution in [0, 0.1) is 6.92 Å². The summed E-state index contributed by atoms with van der Waals surface area (Å²) in [6, 6.07) is 15.8. The first-order chi connectivity index (χ1) is 12.4. The molecule has 1 unspecified atom stereocenters. The Bertz CT molecular complexity index is 718. The van der Waals surface area contributed by atoms with E-state index in [0.29, 0.717) is 6.04 Å². The molecule has 0 aromatic heterocycles. The number of nitrogens with zero attached hydrogens (tertiary/aromatic N) is 1. The third kappa shape index (κ3) is 3.90. The van der Waals surface area contributed by atoms with E-state index in [1.165, 1.54) is 40.9 Å². The predicted octanol–water partition coefficient (Wildman–Crippen LogP) is 6.18. The van der Waals surface area contributed by atoms with Crippen molar-refractivity contribution in [3.05, 3.63) is 59.2 Å². The van der Waals surface area contributed by atoms with Gasteiger partial charge in [-0.15, -0.1) is 0 Å². The van der Waals surface area contributed by atoms with Crippen molar-refractivity contribution in [1.82, 2.24) is 0 Å². The van der Waals surface area contributed by atoms with Gasteiger partial charge in [-0.05, 0) is 49.4 Å². The number of aryl methyl sites for hydroxylation is 2. The van der Waals surface area contributed by atoms with Crippen LogP contribution in [0.5, 0.6) is 0 Å². The molecule has 26 heavy (non-hydrogen) atoms. The van der Waals surface area contributed by atoms with Crippen LogP contribution in [-0.4, -0.2) is 19.6 Å². The first-order valence-corrected chi connectivity index (χ1v) is 10.1. The fourth-order valence-corrected chi connectivity index (χ4v) is 3.93. The average molecular weight is 353 g/mol. The van der Waals surface area contributed by atoms with Gasteiger partial charge in [-0.2, -0.15) is 0 Å². The second-order valence-electron chi connectivity index (χ2n) is 7.67. The smallest absolute Gasteiger partial charge is 0.0405 e. The van der Waals surface area contributed by atoms with Gasteiger partial charge in [-0.3, -0.25) is 0 Å². The summed E-state index contributed by atoms with van der Waals surface area (Å²) in [4.78, 5) is 2.37. The van der Waals surface area contributed by atoms with Crippen LogP contribution in [0.1, 0.15) is 57.7 Å². The van der Waals surface area contributed by atoms with Gasteiger partial charge in [0.25, 0.3) is 0 Å². The number of anilines is 2. The molecule has 2 aliphatic rings. The van der Waals surface area contributed by atoms with E-state index in [9.17, 15) is 0 Å². The first-order valence-electron chi connectivity index (χ1n) is 10.1. The highest BCUT2D eigenvalue weighted by molar-refractivity contribution is 5.63. The summed E-state index contributed by atoms with van der Waals surface area (Å²) >= 11 is 0. The summed E-state index contributed by atoms with van der Waals surface area (Å²) < 4.78 is 0. The van der Waals surface area contributed by atoms with Crippen molar-refractivity contribution in [1.29, 1.82) is 0 Å². The molecule has 0 aliphatic carbocycles. The van der Waals surface area contributed by atoms with Crippen molar-refractivity contribution in [2.24, 2.45) is 0 Å². The monoisotopic (exact) mass is 352 g/mol. The van der Waals surface area contributed by atoms with Crippen molar-refractivity contribution in [2.75, 3.05) is 23.8 Å². The molecule has 0 fully saturated rings. The van der Waals surface area contributed by atoms with Crippen LogP contribution in [-0.2, 0) is 11.8 Å². The fraction of sp³-hybridized carbons (Fsp3) is 0.500. The summed E-state index contributed by atoms with van der Waals surface area (Å²) in [6.45, 7) is 14.2. The Balaban J connectivity index is 0.000000173. The van der Waals surface area contributed by atoms with Crippen molar-refractivity contribution in [3.63, 3.8) is 0 Å². The number of likely N-dealkylation sites (N-methyl/N-ethyl adjacent to an activating group) is 1. The number of hydrogen-bond acceptors (Lipinski definition) is 2. The molecule has 2 heterocycles. The minimum absolute atomic E-state index is 0.283. The number of fused-ring (bicyclic) bond motifs is 2. The highest BCUT2D eigenvalue weighted by Gasteiger charge is 2.39. The van der Waals surface area contributed by atoms with E-state index in [1.54, 1.807) is 0 Å². The molecular weight excluding hydrogens is 316 g/mol. The molecule has 0 amide bonds. The van der Waals surface area contributed by atoms with E-state index in [0.717, 1.165) is 6.54 Å². The molecule has 4 rings (SSSR count). The number of hydrogen-bond donors (Lipinski definition) is 1. The highest BCUT2D eigenvalue weighted by atomic mass is 15.2. The van der Waals surface area contributed by atoms with Crippen LogP contribution in [0.3, 0.4) is 0 Å². The molecule has 0 radical (unpaired) electrons. The summed E-state index contributed by atoms with van der Waals surface area (Å²) in [7, 11) is 2.18. The zero-order chi connectivity index (χ0) is 19.3. The summed E-state index contributed by atoms with van der Waals surface area (Å²) in [6.07, 6.45) is 2.51. The predicted molar refractivity (Wildman–Crippen MR) is 117 cm³/mol. The van der Waals surface area contributed by atoms with Crippen molar-refractivity contribution < 1.29 is 0 Å². The standard InChI is InChI=1S/C12H17N.C10H13N.C2H6/c1-9-12(2,3)10-7-5-6-8-11(10)13(9)4;1-8-4-2-5-9-6-3-7-11-10(8)9;1-2/h5-9H,1-4H3;2,4-5,11H,3,6-7H2,1H3;1-2H3. The number of para-hydroxylation sites is 2. The Morgan fingerprint density at radius 3 is 2.38 bits per heavy atom. The van der Waals surface area contributed by atoms with Gasteiger partial charge in [0.2, 0.25) is 0 Å². The van der Waals surface area contributed by atoms with Gasteiger partial charge >= 0.3 is 0 Å². The lowest BCUT2D eigenvalue weighted by atomic mass is 9.81. The Kier molecular flexibility index (Phi) is 6.75. The van der Waals surface area contributed by atoms with Gasteiger partial charge < -0.3 is 10.2 Å². The molecule has 2 nitrogen and oxygen atoms in total. The lowest BCUT2D eigenvalue weighted by Gasteiger charge is -2.28. The minimum Gasteiger partial charge on any atom is -0.385 e. The lowest BCUT2D eigenvalue weighted by molar-refractivity contribution is 0.454. The molecule has 2 aliphatic heterocycles. The van der Waals surface area contributed by atoms with Gasteiger partial charge in [0, 0.05) is 36.4 Å². The Hall–Kier alpha value is -1.96. The number of nitrogens with one attached hydrogen (secondary N) is 1. The molecule has 142 valence electrons. The average Bonchev–Trinajstić information content (AvgIpc) is 2.85. The Morgan fingerprint density at radius 1 is 1.04 bits per heavy atom. The van der Waals surface area contributed by atoms with Gasteiger partial charge in [-0.1, -0.05) is 64.1 Å². The van der Waals surface area contributed by atoms with Crippen LogP contribution >= 0.6 is 0 Å². The normalized spacial score (nSPS) is 19.0. The maximum Gasteiger partial charge on any atom is 0.0405 e. The van der Waals surface area contributed by atoms with Gasteiger partial charge in [-0.25, -0.2) is 0 Å². The fourth-order valence-electron chi connectivity index (χ4n) is 3.93. The van der Waals surface area contributed by atoms with Gasteiger partial charge in [0.05, 0.1) is 0 Å². The maximum absolute atomic E-state index is 3.43. The Morgan fingerprint density at radius 2 is 1.73 bits per heavy atom. The van der Waals surface area contributed by atoms with Crippen LogP contribution < -0.4 is 10.2 Å². The van der Waals surface area contributed by atoms with E-state index in [4.69, 9.17) is 0 Å². The second kappa shape index (κ2) is 8.62. The number of benzene rings is 2. The van der Waals surface area contributed by atoms with Crippen molar-refractivity contribution >= 4 is 11.4 Å². The molecule has 1 atom stereocenters. The summed E-state index contributed by atoms with van der Waals surface area (Å²) in [5.74, 6) is 0. The first kappa shape index (κ1) is 20.4. The quantitative estimate of drug-likeness (QED) is 0.609. The van der Waals surface area contributed by atoms with Gasteiger partial charge in [0.15, 0.2) is 0 Å². The van der Waals surface area contributed by atoms with E-state index in [-0.39, 0.29) is 5.41 Å². The molecule has 2 aromatic rings. The third-order valence-electron chi connectivity index (χ3n) is 5.89. The lowest BCUT2D eigenvalue weighted by Crippen LogP contribution is -2.36. The zero-order valence-electron chi connectivity index (χ0n) is 17.7. The molecular formula is C24H36N2. The third-order valence-corrected chi connectivity index (χ3v) is 5.89. The largest absolute Gasteiger partial charge is 0.385 e. The topological polar surface area (TPSA) is 15.3 Å². The SMILES string of the molecule is CC.CC1N(C)c2ccccc2C1(C)C.Cc1cccc2c1NCCC2. The van der Waals surface area contributed by atoms with Crippen LogP contribution in [0.4, 0.5) is 11.4 Å². The van der Waals surface area contributed by atoms with Gasteiger partial charge in [0.1, 0.15) is 0 Å². The molecule has 2 aromatic carbocycles. The van der Waals surface area contributed by atoms with E-state index >= 15 is 0 Å². The molecule has 0 saturated carbocycles. The summed E-state index contributed by atoms with van der Waals surface area (Å²) in [5.41, 5.74) is 7.38. The van der Waals surface area contributed by atoms with E-state index in [1.807, 2.05) is 13.8 Å². The Labute approximate surface area is 160 Å². The number of rotatable bonds is 0. The molecule has 0 spiro atoms. The maximum atomic E-state index is 3.43. The summed E-state index contributed by atoms with van der Waals surface area (Å²) in [5, 5.41) is 3.43. The zero-order valence-corrected chi connectivity index (χ0v) is 17.7. The van der Waals surface area contributed by atoms with E-state index < -0.39 is 0 Å². The van der Waals surface area contributed by atoms with Crippen LogP contribution in [0.2, 0.25) is 0 Å². The van der Waals surface area contributed by atoms with Crippen LogP contribution in [0.25, 0.3) is 0 Å². The highest BCUT2D eigenvalue weighted by Crippen LogP contribution is 2.43. The minimum atomic E-state index is 0.283.